The van der Waals surface area contributed by atoms with Gasteiger partial charge in [0.25, 0.3) is 0 Å². The van der Waals surface area contributed by atoms with Crippen LogP contribution >= 0.6 is 11.8 Å². The second-order valence-electron chi connectivity index (χ2n) is 5.44. The molecule has 2 rings (SSSR count). The van der Waals surface area contributed by atoms with Gasteiger partial charge in [-0.15, -0.1) is 0 Å². The fourth-order valence-corrected chi connectivity index (χ4v) is 3.32. The number of carbonyl (C=O) groups excluding carboxylic acids is 1. The molecule has 0 aromatic heterocycles. The summed E-state index contributed by atoms with van der Waals surface area (Å²) >= 11 is 1.82. The number of thioether (sulfide) groups is 1. The average molecular weight is 308 g/mol. The zero-order valence-corrected chi connectivity index (χ0v) is 13.4. The Morgan fingerprint density at radius 3 is 2.90 bits per heavy atom. The topological polar surface area (TPSA) is 52.6 Å². The van der Waals surface area contributed by atoms with E-state index in [0.717, 1.165) is 30.9 Å². The number of likely N-dealkylation sites (tertiary alicyclic amines) is 1. The summed E-state index contributed by atoms with van der Waals surface area (Å²) in [6, 6.07) is 8.52. The third kappa shape index (κ3) is 4.93. The molecule has 1 atom stereocenters. The molecule has 0 unspecified atom stereocenters. The monoisotopic (exact) mass is 308 g/mol. The van der Waals surface area contributed by atoms with Crippen molar-refractivity contribution in [2.24, 2.45) is 0 Å². The summed E-state index contributed by atoms with van der Waals surface area (Å²) in [6.45, 7) is 3.58. The van der Waals surface area contributed by atoms with Gasteiger partial charge in [0.2, 0.25) is 0 Å². The Kier molecular flexibility index (Phi) is 6.39. The van der Waals surface area contributed by atoms with Gasteiger partial charge in [-0.2, -0.15) is 11.8 Å². The molecular formula is C16H24N2O2S. The van der Waals surface area contributed by atoms with Gasteiger partial charge >= 0.3 is 6.03 Å². The maximum Gasteiger partial charge on any atom is 0.317 e. The molecule has 2 amide bonds. The first kappa shape index (κ1) is 16.2. The highest BCUT2D eigenvalue weighted by Crippen LogP contribution is 2.16. The van der Waals surface area contributed by atoms with Gasteiger partial charge < -0.3 is 15.3 Å². The number of hydrogen-bond donors (Lipinski definition) is 2. The molecule has 116 valence electrons. The molecule has 1 fully saturated rings. The minimum atomic E-state index is -0.0394. The fraction of sp³-hybridized carbons (Fsp3) is 0.562. The second kappa shape index (κ2) is 8.29. The minimum absolute atomic E-state index is 0.00483. The normalized spacial score (nSPS) is 18.0. The largest absolute Gasteiger partial charge is 0.394 e. The van der Waals surface area contributed by atoms with Gasteiger partial charge in [0.1, 0.15) is 0 Å². The molecular weight excluding hydrogens is 284 g/mol. The number of hydrogen-bond acceptors (Lipinski definition) is 3. The zero-order chi connectivity index (χ0) is 15.1. The smallest absolute Gasteiger partial charge is 0.317 e. The van der Waals surface area contributed by atoms with Gasteiger partial charge in [-0.3, -0.25) is 0 Å². The van der Waals surface area contributed by atoms with Crippen molar-refractivity contribution in [3.05, 3.63) is 35.4 Å². The number of amides is 2. The van der Waals surface area contributed by atoms with Crippen LogP contribution in [0.2, 0.25) is 0 Å². The molecule has 2 N–H and O–H groups in total. The maximum absolute atomic E-state index is 12.0. The number of aliphatic hydroxyl groups excluding tert-OH is 1. The lowest BCUT2D eigenvalue weighted by Gasteiger charge is -2.23. The van der Waals surface area contributed by atoms with E-state index in [1.807, 2.05) is 11.8 Å². The number of benzene rings is 1. The summed E-state index contributed by atoms with van der Waals surface area (Å²) < 4.78 is 0. The van der Waals surface area contributed by atoms with Crippen LogP contribution in [-0.4, -0.2) is 47.5 Å². The highest BCUT2D eigenvalue weighted by atomic mass is 32.2. The van der Waals surface area contributed by atoms with Crippen molar-refractivity contribution >= 4 is 17.8 Å². The molecule has 0 aliphatic carbocycles. The average Bonchev–Trinajstić information content (AvgIpc) is 2.97. The molecule has 0 radical (unpaired) electrons. The molecule has 1 aliphatic rings. The second-order valence-corrected chi connectivity index (χ2v) is 6.55. The van der Waals surface area contributed by atoms with Crippen molar-refractivity contribution in [2.45, 2.75) is 31.6 Å². The van der Waals surface area contributed by atoms with E-state index in [4.69, 9.17) is 0 Å². The van der Waals surface area contributed by atoms with Crippen LogP contribution in [0.3, 0.4) is 0 Å². The third-order valence-electron chi connectivity index (χ3n) is 3.76. The zero-order valence-electron chi connectivity index (χ0n) is 12.5. The molecule has 0 bridgehead atoms. The number of carbonyl (C=O) groups is 1. The van der Waals surface area contributed by atoms with E-state index in [1.54, 1.807) is 4.90 Å². The number of nitrogens with zero attached hydrogens (tertiary/aromatic N) is 1. The fourth-order valence-electron chi connectivity index (χ4n) is 2.50. The van der Waals surface area contributed by atoms with Crippen LogP contribution in [0, 0.1) is 6.92 Å². The van der Waals surface area contributed by atoms with E-state index in [9.17, 15) is 9.90 Å². The quantitative estimate of drug-likeness (QED) is 0.794. The highest BCUT2D eigenvalue weighted by molar-refractivity contribution is 7.98. The Bertz CT molecular complexity index is 450. The van der Waals surface area contributed by atoms with Crippen LogP contribution in [0.15, 0.2) is 24.3 Å². The van der Waals surface area contributed by atoms with E-state index in [0.29, 0.717) is 6.54 Å². The van der Waals surface area contributed by atoms with Crippen molar-refractivity contribution in [1.29, 1.82) is 0 Å². The lowest BCUT2D eigenvalue weighted by atomic mass is 10.2. The lowest BCUT2D eigenvalue weighted by Crippen LogP contribution is -2.44. The first-order valence-corrected chi connectivity index (χ1v) is 8.65. The van der Waals surface area contributed by atoms with Gasteiger partial charge in [0.15, 0.2) is 0 Å². The Labute approximate surface area is 130 Å². The molecule has 0 spiro atoms. The number of nitrogens with one attached hydrogen (secondary N) is 1. The summed E-state index contributed by atoms with van der Waals surface area (Å²) in [7, 11) is 0. The lowest BCUT2D eigenvalue weighted by molar-refractivity contribution is 0.157. The SMILES string of the molecule is Cc1ccc(CSCCNC(=O)N2CCC[C@H]2CO)cc1. The van der Waals surface area contributed by atoms with Gasteiger partial charge in [-0.25, -0.2) is 4.79 Å². The van der Waals surface area contributed by atoms with Gasteiger partial charge in [-0.1, -0.05) is 29.8 Å². The van der Waals surface area contributed by atoms with E-state index in [2.05, 4.69) is 36.5 Å². The van der Waals surface area contributed by atoms with Crippen molar-refractivity contribution in [1.82, 2.24) is 10.2 Å². The van der Waals surface area contributed by atoms with Crippen molar-refractivity contribution in [2.75, 3.05) is 25.4 Å². The molecule has 1 aromatic carbocycles. The first-order valence-electron chi connectivity index (χ1n) is 7.49. The van der Waals surface area contributed by atoms with E-state index < -0.39 is 0 Å². The standard InChI is InChI=1S/C16H24N2O2S/c1-13-4-6-14(7-5-13)12-21-10-8-17-16(20)18-9-2-3-15(18)11-19/h4-7,15,19H,2-3,8-12H2,1H3,(H,17,20)/t15-/m0/s1. The predicted octanol–water partition coefficient (Wildman–Crippen LogP) is 2.39. The van der Waals surface area contributed by atoms with Gasteiger partial charge in [-0.05, 0) is 25.3 Å². The summed E-state index contributed by atoms with van der Waals surface area (Å²) in [6.07, 6.45) is 1.90. The Balaban J connectivity index is 1.61. The van der Waals surface area contributed by atoms with Crippen molar-refractivity contribution < 1.29 is 9.90 Å². The number of urea groups is 1. The van der Waals surface area contributed by atoms with Crippen LogP contribution in [0.25, 0.3) is 0 Å². The summed E-state index contributed by atoms with van der Waals surface area (Å²) in [5.74, 6) is 1.87. The maximum atomic E-state index is 12.0. The Morgan fingerprint density at radius 1 is 1.43 bits per heavy atom. The van der Waals surface area contributed by atoms with E-state index in [1.165, 1.54) is 11.1 Å². The summed E-state index contributed by atoms with van der Waals surface area (Å²) in [4.78, 5) is 13.7. The van der Waals surface area contributed by atoms with Gasteiger partial charge in [0, 0.05) is 24.6 Å². The molecule has 21 heavy (non-hydrogen) atoms. The molecule has 1 heterocycles. The van der Waals surface area contributed by atoms with E-state index >= 15 is 0 Å². The molecule has 1 saturated heterocycles. The van der Waals surface area contributed by atoms with Crippen LogP contribution in [0.4, 0.5) is 4.79 Å². The Hall–Kier alpha value is -1.20. The Morgan fingerprint density at radius 2 is 2.19 bits per heavy atom. The van der Waals surface area contributed by atoms with Crippen LogP contribution in [0.5, 0.6) is 0 Å². The minimum Gasteiger partial charge on any atom is -0.394 e. The highest BCUT2D eigenvalue weighted by Gasteiger charge is 2.27. The summed E-state index contributed by atoms with van der Waals surface area (Å²) in [5.41, 5.74) is 2.59. The molecule has 0 saturated carbocycles. The molecule has 5 heteroatoms. The van der Waals surface area contributed by atoms with Crippen LogP contribution in [0.1, 0.15) is 24.0 Å². The summed E-state index contributed by atoms with van der Waals surface area (Å²) in [5, 5.41) is 12.2. The first-order chi connectivity index (χ1) is 10.2. The van der Waals surface area contributed by atoms with Crippen LogP contribution < -0.4 is 5.32 Å². The number of aryl methyl sites for hydroxylation is 1. The number of aliphatic hydroxyl groups is 1. The van der Waals surface area contributed by atoms with Crippen LogP contribution in [-0.2, 0) is 5.75 Å². The van der Waals surface area contributed by atoms with Gasteiger partial charge in [0.05, 0.1) is 12.6 Å². The van der Waals surface area contributed by atoms with Crippen molar-refractivity contribution in [3.63, 3.8) is 0 Å². The van der Waals surface area contributed by atoms with E-state index in [-0.39, 0.29) is 18.7 Å². The number of rotatable bonds is 6. The molecule has 1 aliphatic heterocycles. The molecule has 1 aromatic rings. The molecule has 4 nitrogen and oxygen atoms in total. The predicted molar refractivity (Wildman–Crippen MR) is 87.6 cm³/mol. The third-order valence-corrected chi connectivity index (χ3v) is 4.79. The van der Waals surface area contributed by atoms with Crippen molar-refractivity contribution in [3.8, 4) is 0 Å².